The number of hydrogen-bond acceptors (Lipinski definition) is 4. The SMILES string of the molecule is C/C(=N/NC(=O)C1CC(c2ccc3c4c(cccc24)CC3)NN1)c1ccc(-c2ccccc2)cc1. The van der Waals surface area contributed by atoms with Gasteiger partial charge in [0.15, 0.2) is 0 Å². The zero-order valence-electron chi connectivity index (χ0n) is 19.7. The summed E-state index contributed by atoms with van der Waals surface area (Å²) in [6.45, 7) is 1.91. The Labute approximate surface area is 205 Å². The lowest BCUT2D eigenvalue weighted by Crippen LogP contribution is -2.41. The zero-order chi connectivity index (χ0) is 23.8. The minimum absolute atomic E-state index is 0.0752. The van der Waals surface area contributed by atoms with Crippen LogP contribution in [-0.2, 0) is 17.6 Å². The normalized spacial score (nSPS) is 19.3. The van der Waals surface area contributed by atoms with E-state index < -0.39 is 0 Å². The average Bonchev–Trinajstić information content (AvgIpc) is 3.57. The first-order valence-corrected chi connectivity index (χ1v) is 12.2. The largest absolute Gasteiger partial charge is 0.271 e. The van der Waals surface area contributed by atoms with Crippen LogP contribution < -0.4 is 16.3 Å². The molecule has 0 saturated carbocycles. The van der Waals surface area contributed by atoms with Gasteiger partial charge in [-0.25, -0.2) is 16.3 Å². The van der Waals surface area contributed by atoms with Gasteiger partial charge >= 0.3 is 0 Å². The van der Waals surface area contributed by atoms with Crippen LogP contribution in [0, 0.1) is 0 Å². The number of nitrogens with zero attached hydrogens (tertiary/aromatic N) is 1. The molecule has 2 unspecified atom stereocenters. The third kappa shape index (κ3) is 4.14. The average molecular weight is 461 g/mol. The fourth-order valence-corrected chi connectivity index (χ4v) is 5.32. The minimum Gasteiger partial charge on any atom is -0.271 e. The number of hydrazone groups is 1. The summed E-state index contributed by atoms with van der Waals surface area (Å²) in [6.07, 6.45) is 2.90. The molecule has 0 aromatic heterocycles. The fraction of sp³-hybridized carbons (Fsp3) is 0.200. The molecule has 6 rings (SSSR count). The molecule has 2 aliphatic rings. The Morgan fingerprint density at radius 3 is 2.37 bits per heavy atom. The highest BCUT2D eigenvalue weighted by Gasteiger charge is 2.31. The summed E-state index contributed by atoms with van der Waals surface area (Å²) < 4.78 is 0. The van der Waals surface area contributed by atoms with Crippen molar-refractivity contribution >= 4 is 22.4 Å². The molecule has 1 fully saturated rings. The molecule has 1 saturated heterocycles. The van der Waals surface area contributed by atoms with Crippen molar-refractivity contribution in [2.75, 3.05) is 0 Å². The van der Waals surface area contributed by atoms with Crippen LogP contribution in [0.1, 0.15) is 41.6 Å². The lowest BCUT2D eigenvalue weighted by atomic mass is 9.93. The Balaban J connectivity index is 1.12. The van der Waals surface area contributed by atoms with Gasteiger partial charge in [-0.05, 0) is 70.3 Å². The predicted molar refractivity (Wildman–Crippen MR) is 141 cm³/mol. The zero-order valence-corrected chi connectivity index (χ0v) is 19.7. The Kier molecular flexibility index (Phi) is 5.64. The molecular formula is C30H28N4O. The molecule has 35 heavy (non-hydrogen) atoms. The second-order valence-electron chi connectivity index (χ2n) is 9.40. The van der Waals surface area contributed by atoms with E-state index in [1.165, 1.54) is 33.0 Å². The first-order chi connectivity index (χ1) is 17.2. The van der Waals surface area contributed by atoms with Crippen LogP contribution in [0.25, 0.3) is 21.9 Å². The van der Waals surface area contributed by atoms with Gasteiger partial charge in [-0.3, -0.25) is 4.79 Å². The predicted octanol–water partition coefficient (Wildman–Crippen LogP) is 5.05. The number of nitrogens with one attached hydrogen (secondary N) is 3. The van der Waals surface area contributed by atoms with Gasteiger partial charge in [-0.15, -0.1) is 0 Å². The molecule has 1 aliphatic carbocycles. The fourth-order valence-electron chi connectivity index (χ4n) is 5.32. The highest BCUT2D eigenvalue weighted by Crippen LogP contribution is 2.36. The maximum atomic E-state index is 12.9. The van der Waals surface area contributed by atoms with Crippen molar-refractivity contribution in [3.63, 3.8) is 0 Å². The van der Waals surface area contributed by atoms with E-state index in [-0.39, 0.29) is 18.0 Å². The number of carbonyl (C=O) groups is 1. The Morgan fingerprint density at radius 2 is 1.57 bits per heavy atom. The first kappa shape index (κ1) is 21.7. The van der Waals surface area contributed by atoms with Gasteiger partial charge in [0, 0.05) is 6.04 Å². The molecule has 2 atom stereocenters. The van der Waals surface area contributed by atoms with E-state index in [2.05, 4.69) is 76.0 Å². The van der Waals surface area contributed by atoms with E-state index in [9.17, 15) is 4.79 Å². The van der Waals surface area contributed by atoms with Gasteiger partial charge in [-0.1, -0.05) is 84.9 Å². The molecule has 1 amide bonds. The van der Waals surface area contributed by atoms with Crippen molar-refractivity contribution < 1.29 is 4.79 Å². The van der Waals surface area contributed by atoms with Crippen molar-refractivity contribution in [3.8, 4) is 11.1 Å². The van der Waals surface area contributed by atoms with Crippen LogP contribution in [0.2, 0.25) is 0 Å². The van der Waals surface area contributed by atoms with Crippen molar-refractivity contribution in [1.82, 2.24) is 16.3 Å². The topological polar surface area (TPSA) is 65.5 Å². The number of benzene rings is 4. The summed E-state index contributed by atoms with van der Waals surface area (Å²) in [7, 11) is 0. The quantitative estimate of drug-likeness (QED) is 0.288. The van der Waals surface area contributed by atoms with E-state index in [1.54, 1.807) is 0 Å². The van der Waals surface area contributed by atoms with Crippen LogP contribution in [0.5, 0.6) is 0 Å². The molecule has 0 bridgehead atoms. The second-order valence-corrected chi connectivity index (χ2v) is 9.40. The van der Waals surface area contributed by atoms with Crippen LogP contribution in [0.15, 0.2) is 90.0 Å². The van der Waals surface area contributed by atoms with E-state index in [0.717, 1.165) is 29.7 Å². The summed E-state index contributed by atoms with van der Waals surface area (Å²) >= 11 is 0. The second kappa shape index (κ2) is 9.10. The van der Waals surface area contributed by atoms with E-state index in [1.807, 2.05) is 37.3 Å². The van der Waals surface area contributed by atoms with Gasteiger partial charge in [-0.2, -0.15) is 5.10 Å². The van der Waals surface area contributed by atoms with Crippen LogP contribution in [-0.4, -0.2) is 17.7 Å². The molecule has 4 aromatic carbocycles. The lowest BCUT2D eigenvalue weighted by Gasteiger charge is -2.14. The number of carbonyl (C=O) groups excluding carboxylic acids is 1. The van der Waals surface area contributed by atoms with Crippen molar-refractivity contribution in [2.24, 2.45) is 5.10 Å². The molecule has 4 aromatic rings. The maximum absolute atomic E-state index is 12.9. The van der Waals surface area contributed by atoms with Crippen LogP contribution >= 0.6 is 0 Å². The van der Waals surface area contributed by atoms with Crippen LogP contribution in [0.4, 0.5) is 0 Å². The molecule has 0 spiro atoms. The highest BCUT2D eigenvalue weighted by atomic mass is 16.2. The Morgan fingerprint density at radius 1 is 0.829 bits per heavy atom. The van der Waals surface area contributed by atoms with Crippen LogP contribution in [0.3, 0.4) is 0 Å². The third-order valence-electron chi connectivity index (χ3n) is 7.25. The molecule has 3 N–H and O–H groups in total. The van der Waals surface area contributed by atoms with Gasteiger partial charge in [0.2, 0.25) is 0 Å². The monoisotopic (exact) mass is 460 g/mol. The van der Waals surface area contributed by atoms with Gasteiger partial charge in [0.1, 0.15) is 6.04 Å². The van der Waals surface area contributed by atoms with Crippen molar-refractivity contribution in [2.45, 2.75) is 38.3 Å². The lowest BCUT2D eigenvalue weighted by molar-refractivity contribution is -0.122. The summed E-state index contributed by atoms with van der Waals surface area (Å²) in [4.78, 5) is 12.9. The standard InChI is InChI=1S/C30H28N4O/c1-19(20-10-12-22(13-11-20)21-6-3-2-4-7-21)31-34-30(35)28-18-27(32-33-28)25-17-16-24-15-14-23-8-5-9-26(25)29(23)24/h2-13,16-17,27-28,32-33H,14-15,18H2,1H3,(H,34,35)/b31-19-. The summed E-state index contributed by atoms with van der Waals surface area (Å²) in [5.74, 6) is -0.133. The summed E-state index contributed by atoms with van der Waals surface area (Å²) in [5, 5.41) is 7.07. The van der Waals surface area contributed by atoms with Crippen molar-refractivity contribution in [1.29, 1.82) is 0 Å². The first-order valence-electron chi connectivity index (χ1n) is 12.2. The molecular weight excluding hydrogens is 432 g/mol. The number of aryl methyl sites for hydroxylation is 2. The van der Waals surface area contributed by atoms with Crippen molar-refractivity contribution in [3.05, 3.63) is 107 Å². The number of hydrazine groups is 1. The number of hydrogen-bond donors (Lipinski definition) is 3. The van der Waals surface area contributed by atoms with Gasteiger partial charge in [0.05, 0.1) is 5.71 Å². The minimum atomic E-state index is -0.347. The Bertz CT molecular complexity index is 1420. The summed E-state index contributed by atoms with van der Waals surface area (Å²) in [6, 6.07) is 29.3. The van der Waals surface area contributed by atoms with Gasteiger partial charge < -0.3 is 0 Å². The molecule has 0 radical (unpaired) electrons. The van der Waals surface area contributed by atoms with E-state index in [0.29, 0.717) is 6.42 Å². The molecule has 174 valence electrons. The molecule has 5 nitrogen and oxygen atoms in total. The van der Waals surface area contributed by atoms with E-state index >= 15 is 0 Å². The number of amides is 1. The number of rotatable bonds is 5. The summed E-state index contributed by atoms with van der Waals surface area (Å²) in [5.41, 5.74) is 17.5. The third-order valence-corrected chi connectivity index (χ3v) is 7.25. The smallest absolute Gasteiger partial charge is 0.258 e. The Hall–Kier alpha value is -3.80. The van der Waals surface area contributed by atoms with Gasteiger partial charge in [0.25, 0.3) is 5.91 Å². The van der Waals surface area contributed by atoms with E-state index in [4.69, 9.17) is 0 Å². The molecule has 1 aliphatic heterocycles. The molecule has 1 heterocycles. The molecule has 5 heteroatoms. The highest BCUT2D eigenvalue weighted by molar-refractivity contribution is 6.00. The maximum Gasteiger partial charge on any atom is 0.258 e.